The standard InChI is InChI=1S/C59H46F8N2O4/c1-30-7-13-48-40(19-30)42-26-36(58(62,63)64)9-15-50(42)68(48)52-23-32(3)21-46(56(52)70)44-28-38(60)11-17-54(44)72-34(5)25-35(6)73-55-18-12-39(61)29-45(55)47-22-33(4)24-53(57(47)71)69-49-14-8-31(2)20-41(49)43-27-37(59(65,66)67)10-16-51(43)69/h7-24,26-29,34-35,70-71H,25H2,1-6H3/t34-,35-/m1/s1. The van der Waals surface area contributed by atoms with E-state index in [0.717, 1.165) is 35.4 Å². The van der Waals surface area contributed by atoms with Crippen LogP contribution < -0.4 is 9.47 Å². The summed E-state index contributed by atoms with van der Waals surface area (Å²) >= 11 is 0. The number of nitrogens with zero attached hydrogens (tertiary/aromatic N) is 2. The van der Waals surface area contributed by atoms with Crippen molar-refractivity contribution in [1.82, 2.24) is 9.13 Å². The van der Waals surface area contributed by atoms with E-state index >= 15 is 8.78 Å². The van der Waals surface area contributed by atoms with Gasteiger partial charge in [-0.2, -0.15) is 26.3 Å². The Morgan fingerprint density at radius 2 is 0.781 bits per heavy atom. The Morgan fingerprint density at radius 1 is 0.425 bits per heavy atom. The van der Waals surface area contributed by atoms with Gasteiger partial charge in [-0.25, -0.2) is 8.78 Å². The lowest BCUT2D eigenvalue weighted by molar-refractivity contribution is -0.138. The zero-order valence-corrected chi connectivity index (χ0v) is 40.2. The second-order valence-electron chi connectivity index (χ2n) is 18.9. The van der Waals surface area contributed by atoms with Crippen molar-refractivity contribution in [2.45, 2.75) is 72.5 Å². The van der Waals surface area contributed by atoms with Crippen LogP contribution >= 0.6 is 0 Å². The molecule has 0 spiro atoms. The molecule has 2 atom stereocenters. The van der Waals surface area contributed by atoms with Gasteiger partial charge in [-0.05, 0) is 174 Å². The molecular formula is C59H46F8N2O4. The first-order valence-corrected chi connectivity index (χ1v) is 23.4. The van der Waals surface area contributed by atoms with Gasteiger partial charge in [0, 0.05) is 50.2 Å². The van der Waals surface area contributed by atoms with Gasteiger partial charge in [-0.3, -0.25) is 0 Å². The SMILES string of the molecule is Cc1cc(-c2cc(F)ccc2O[C@H](C)C[C@@H](C)Oc2ccc(F)cc2-c2cc(C)cc(-n3c4ccc(C)cc4c4cc(C(F)(F)F)ccc43)c2O)c(O)c(-n2c3ccc(C)cc3c3cc(C(F)(F)F)ccc32)c1. The Kier molecular flexibility index (Phi) is 11.9. The highest BCUT2D eigenvalue weighted by molar-refractivity contribution is 6.11. The lowest BCUT2D eigenvalue weighted by atomic mass is 9.99. The van der Waals surface area contributed by atoms with E-state index in [1.54, 1.807) is 85.4 Å². The number of phenolic OH excluding ortho intramolecular Hbond substituents is 2. The largest absolute Gasteiger partial charge is 0.505 e. The number of aromatic nitrogens is 2. The van der Waals surface area contributed by atoms with Crippen molar-refractivity contribution in [3.63, 3.8) is 0 Å². The van der Waals surface area contributed by atoms with Crippen LogP contribution in [0.3, 0.4) is 0 Å². The van der Waals surface area contributed by atoms with Crippen molar-refractivity contribution in [3.05, 3.63) is 178 Å². The van der Waals surface area contributed by atoms with Crippen LogP contribution in [-0.2, 0) is 12.4 Å². The van der Waals surface area contributed by atoms with Crippen molar-refractivity contribution < 1.29 is 54.8 Å². The van der Waals surface area contributed by atoms with Crippen molar-refractivity contribution in [2.75, 3.05) is 0 Å². The van der Waals surface area contributed by atoms with E-state index in [4.69, 9.17) is 9.47 Å². The molecule has 372 valence electrons. The Morgan fingerprint density at radius 3 is 1.15 bits per heavy atom. The molecule has 2 heterocycles. The van der Waals surface area contributed by atoms with E-state index in [9.17, 15) is 36.6 Å². The Balaban J connectivity index is 0.966. The van der Waals surface area contributed by atoms with Gasteiger partial charge < -0.3 is 28.8 Å². The molecule has 0 radical (unpaired) electrons. The topological polar surface area (TPSA) is 68.8 Å². The summed E-state index contributed by atoms with van der Waals surface area (Å²) in [4.78, 5) is 0. The molecule has 0 fully saturated rings. The predicted molar refractivity (Wildman–Crippen MR) is 269 cm³/mol. The van der Waals surface area contributed by atoms with Gasteiger partial charge in [-0.1, -0.05) is 23.3 Å². The van der Waals surface area contributed by atoms with E-state index in [1.165, 1.54) is 48.5 Å². The van der Waals surface area contributed by atoms with Crippen molar-refractivity contribution in [1.29, 1.82) is 0 Å². The number of alkyl halides is 6. The van der Waals surface area contributed by atoms with Gasteiger partial charge in [0.15, 0.2) is 0 Å². The number of rotatable bonds is 10. The van der Waals surface area contributed by atoms with Crippen LogP contribution in [0.15, 0.2) is 133 Å². The summed E-state index contributed by atoms with van der Waals surface area (Å²) in [6.45, 7) is 10.8. The summed E-state index contributed by atoms with van der Waals surface area (Å²) in [5.74, 6) is -1.32. The van der Waals surface area contributed by atoms with Crippen LogP contribution in [-0.4, -0.2) is 31.6 Å². The number of hydrogen-bond donors (Lipinski definition) is 2. The maximum atomic E-state index is 15.3. The van der Waals surface area contributed by atoms with Gasteiger partial charge >= 0.3 is 12.4 Å². The van der Waals surface area contributed by atoms with Crippen molar-refractivity contribution in [2.24, 2.45) is 0 Å². The molecule has 2 aromatic heterocycles. The minimum atomic E-state index is -4.59. The fraction of sp³-hybridized carbons (Fsp3) is 0.186. The molecule has 0 saturated carbocycles. The monoisotopic (exact) mass is 998 g/mol. The van der Waals surface area contributed by atoms with Crippen molar-refractivity contribution in [3.8, 4) is 56.6 Å². The smallest absolute Gasteiger partial charge is 0.416 e. The highest BCUT2D eigenvalue weighted by Crippen LogP contribution is 2.47. The quantitative estimate of drug-likeness (QED) is 0.134. The van der Waals surface area contributed by atoms with Crippen molar-refractivity contribution >= 4 is 43.6 Å². The maximum Gasteiger partial charge on any atom is 0.416 e. The van der Waals surface area contributed by atoms with Crippen LogP contribution in [0.4, 0.5) is 35.1 Å². The molecule has 0 aliphatic rings. The molecule has 0 amide bonds. The van der Waals surface area contributed by atoms with E-state index in [0.29, 0.717) is 54.7 Å². The molecule has 14 heteroatoms. The second-order valence-corrected chi connectivity index (χ2v) is 18.9. The van der Waals surface area contributed by atoms with Gasteiger partial charge in [0.2, 0.25) is 0 Å². The first-order valence-electron chi connectivity index (χ1n) is 23.4. The van der Waals surface area contributed by atoms with Crippen LogP contribution in [0.1, 0.15) is 53.6 Å². The van der Waals surface area contributed by atoms with Crippen LogP contribution in [0, 0.1) is 39.3 Å². The number of aryl methyl sites for hydroxylation is 4. The van der Waals surface area contributed by atoms with Gasteiger partial charge in [0.05, 0.1) is 56.8 Å². The summed E-state index contributed by atoms with van der Waals surface area (Å²) in [5, 5.41) is 26.1. The Hall–Kier alpha value is -8.00. The fourth-order valence-electron chi connectivity index (χ4n) is 10.0. The summed E-state index contributed by atoms with van der Waals surface area (Å²) in [5.41, 5.74) is 4.67. The lowest BCUT2D eigenvalue weighted by Crippen LogP contribution is -2.23. The minimum Gasteiger partial charge on any atom is -0.505 e. The second kappa shape index (κ2) is 17.9. The summed E-state index contributed by atoms with van der Waals surface area (Å²) in [7, 11) is 0. The molecule has 0 aliphatic carbocycles. The number of hydrogen-bond acceptors (Lipinski definition) is 4. The molecule has 0 unspecified atom stereocenters. The molecular weight excluding hydrogens is 953 g/mol. The first kappa shape index (κ1) is 48.6. The van der Waals surface area contributed by atoms with E-state index in [2.05, 4.69) is 0 Å². The average Bonchev–Trinajstić information content (AvgIpc) is 3.81. The average molecular weight is 999 g/mol. The zero-order chi connectivity index (χ0) is 52.0. The van der Waals surface area contributed by atoms with Crippen LogP contribution in [0.5, 0.6) is 23.0 Å². The summed E-state index contributed by atoms with van der Waals surface area (Å²) in [6, 6.07) is 32.3. The highest BCUT2D eigenvalue weighted by Gasteiger charge is 2.33. The van der Waals surface area contributed by atoms with E-state index in [-0.39, 0.29) is 63.0 Å². The molecule has 6 nitrogen and oxygen atoms in total. The Bertz CT molecular complexity index is 3600. The third-order valence-corrected chi connectivity index (χ3v) is 13.2. The number of fused-ring (bicyclic) bond motifs is 6. The van der Waals surface area contributed by atoms with Crippen LogP contribution in [0.2, 0.25) is 0 Å². The number of halogens is 8. The predicted octanol–water partition coefficient (Wildman–Crippen LogP) is 16.8. The fourth-order valence-corrected chi connectivity index (χ4v) is 10.0. The highest BCUT2D eigenvalue weighted by atomic mass is 19.4. The van der Waals surface area contributed by atoms with E-state index in [1.807, 2.05) is 26.0 Å². The first-order chi connectivity index (χ1) is 34.5. The molecule has 8 aromatic carbocycles. The number of benzene rings is 8. The van der Waals surface area contributed by atoms with Gasteiger partial charge in [0.1, 0.15) is 34.6 Å². The zero-order valence-electron chi connectivity index (χ0n) is 40.2. The number of phenols is 2. The van der Waals surface area contributed by atoms with E-state index < -0.39 is 47.3 Å². The third kappa shape index (κ3) is 8.93. The number of aromatic hydroxyl groups is 2. The molecule has 0 saturated heterocycles. The third-order valence-electron chi connectivity index (χ3n) is 13.2. The van der Waals surface area contributed by atoms with Gasteiger partial charge in [0.25, 0.3) is 0 Å². The Labute approximate surface area is 413 Å². The molecule has 73 heavy (non-hydrogen) atoms. The molecule has 10 aromatic rings. The molecule has 0 bridgehead atoms. The molecule has 0 aliphatic heterocycles. The van der Waals surface area contributed by atoms with Gasteiger partial charge in [-0.15, -0.1) is 0 Å². The molecule has 10 rings (SSSR count). The minimum absolute atomic E-state index is 0.213. The lowest BCUT2D eigenvalue weighted by Gasteiger charge is -2.24. The normalized spacial score (nSPS) is 13.1. The summed E-state index contributed by atoms with van der Waals surface area (Å²) < 4.78 is 131. The molecule has 2 N–H and O–H groups in total. The maximum absolute atomic E-state index is 15.3. The van der Waals surface area contributed by atoms with Crippen LogP contribution in [0.25, 0.3) is 77.2 Å². The number of ether oxygens (including phenoxy) is 2. The summed E-state index contributed by atoms with van der Waals surface area (Å²) in [6.07, 6.45) is -10.2.